The molecule has 0 aromatic carbocycles. The van der Waals surface area contributed by atoms with Crippen molar-refractivity contribution in [3.05, 3.63) is 35.5 Å². The molecule has 0 fully saturated rings. The monoisotopic (exact) mass is 206 g/mol. The second-order valence-electron chi connectivity index (χ2n) is 5.10. The first-order valence-corrected chi connectivity index (χ1v) is 5.53. The molecule has 1 unspecified atom stereocenters. The molecule has 0 spiro atoms. The summed E-state index contributed by atoms with van der Waals surface area (Å²) in [5.74, 6) is 0.556. The van der Waals surface area contributed by atoms with Crippen LogP contribution in [0.2, 0.25) is 0 Å². The summed E-state index contributed by atoms with van der Waals surface area (Å²) in [4.78, 5) is 0. The Labute approximate surface area is 93.2 Å². The normalized spacial score (nSPS) is 25.3. The molecule has 0 saturated carbocycles. The standard InChI is InChI=1S/C14H22O/c1-10(9-15)8-11(2)13-7-6-12(3)14(13,4)5/h6,8,13,15H,1,7,9H2,2-5H3/b11-8+. The number of hydrogen-bond donors (Lipinski definition) is 1. The van der Waals surface area contributed by atoms with Crippen molar-refractivity contribution >= 4 is 0 Å². The van der Waals surface area contributed by atoms with Crippen LogP contribution in [0.5, 0.6) is 0 Å². The molecule has 0 heterocycles. The highest BCUT2D eigenvalue weighted by atomic mass is 16.3. The average molecular weight is 206 g/mol. The number of rotatable bonds is 3. The molecule has 1 atom stereocenters. The first kappa shape index (κ1) is 12.3. The van der Waals surface area contributed by atoms with Gasteiger partial charge in [-0.2, -0.15) is 0 Å². The topological polar surface area (TPSA) is 20.2 Å². The molecule has 0 aromatic rings. The Hall–Kier alpha value is -0.820. The van der Waals surface area contributed by atoms with Gasteiger partial charge >= 0.3 is 0 Å². The zero-order chi connectivity index (χ0) is 11.6. The molecule has 0 aromatic heterocycles. The number of allylic oxidation sites excluding steroid dienone is 3. The van der Waals surface area contributed by atoms with Gasteiger partial charge in [0, 0.05) is 0 Å². The highest BCUT2D eigenvalue weighted by molar-refractivity contribution is 5.30. The maximum absolute atomic E-state index is 8.95. The van der Waals surface area contributed by atoms with Gasteiger partial charge in [0.2, 0.25) is 0 Å². The Bertz CT molecular complexity index is 318. The van der Waals surface area contributed by atoms with E-state index in [2.05, 4.69) is 40.3 Å². The minimum absolute atomic E-state index is 0.0525. The van der Waals surface area contributed by atoms with Gasteiger partial charge in [0.25, 0.3) is 0 Å². The third-order valence-corrected chi connectivity index (χ3v) is 3.73. The highest BCUT2D eigenvalue weighted by Crippen LogP contribution is 2.46. The van der Waals surface area contributed by atoms with E-state index in [1.165, 1.54) is 11.1 Å². The smallest absolute Gasteiger partial charge is 0.0676 e. The molecular weight excluding hydrogens is 184 g/mol. The minimum Gasteiger partial charge on any atom is -0.392 e. The summed E-state index contributed by atoms with van der Waals surface area (Å²) in [6.45, 7) is 12.8. The lowest BCUT2D eigenvalue weighted by atomic mass is 9.74. The molecule has 84 valence electrons. The van der Waals surface area contributed by atoms with Gasteiger partial charge in [-0.15, -0.1) is 0 Å². The number of aliphatic hydroxyl groups excluding tert-OH is 1. The van der Waals surface area contributed by atoms with Gasteiger partial charge in [-0.1, -0.05) is 43.7 Å². The SMILES string of the molecule is C=C(/C=C(\C)C1CC=C(C)C1(C)C)CO. The second-order valence-corrected chi connectivity index (χ2v) is 5.10. The molecule has 1 heteroatoms. The van der Waals surface area contributed by atoms with Gasteiger partial charge < -0.3 is 5.11 Å². The van der Waals surface area contributed by atoms with Gasteiger partial charge in [-0.25, -0.2) is 0 Å². The summed E-state index contributed by atoms with van der Waals surface area (Å²) in [6.07, 6.45) is 5.46. The molecule has 0 saturated heterocycles. The van der Waals surface area contributed by atoms with Crippen molar-refractivity contribution in [3.63, 3.8) is 0 Å². The number of aliphatic hydroxyl groups is 1. The summed E-state index contributed by atoms with van der Waals surface area (Å²) in [5.41, 5.74) is 3.84. The molecular formula is C14H22O. The van der Waals surface area contributed by atoms with Gasteiger partial charge in [-0.3, -0.25) is 0 Å². The van der Waals surface area contributed by atoms with E-state index in [0.29, 0.717) is 5.92 Å². The van der Waals surface area contributed by atoms with E-state index in [1.807, 2.05) is 6.08 Å². The van der Waals surface area contributed by atoms with Crippen molar-refractivity contribution in [1.82, 2.24) is 0 Å². The van der Waals surface area contributed by atoms with Crippen molar-refractivity contribution < 1.29 is 5.11 Å². The molecule has 1 aliphatic carbocycles. The molecule has 0 bridgehead atoms. The van der Waals surface area contributed by atoms with Crippen molar-refractivity contribution in [2.75, 3.05) is 6.61 Å². The van der Waals surface area contributed by atoms with E-state index in [0.717, 1.165) is 12.0 Å². The van der Waals surface area contributed by atoms with E-state index in [-0.39, 0.29) is 12.0 Å². The Morgan fingerprint density at radius 2 is 2.27 bits per heavy atom. The lowest BCUT2D eigenvalue weighted by molar-refractivity contribution is 0.328. The molecule has 1 rings (SSSR count). The Kier molecular flexibility index (Phi) is 3.56. The van der Waals surface area contributed by atoms with Crippen molar-refractivity contribution in [1.29, 1.82) is 0 Å². The molecule has 1 N–H and O–H groups in total. The van der Waals surface area contributed by atoms with Crippen LogP contribution in [0.25, 0.3) is 0 Å². The zero-order valence-electron chi connectivity index (χ0n) is 10.3. The van der Waals surface area contributed by atoms with Gasteiger partial charge in [-0.05, 0) is 37.2 Å². The van der Waals surface area contributed by atoms with E-state index >= 15 is 0 Å². The fourth-order valence-electron chi connectivity index (χ4n) is 2.35. The first-order chi connectivity index (χ1) is 6.89. The maximum atomic E-state index is 8.95. The van der Waals surface area contributed by atoms with Gasteiger partial charge in [0.1, 0.15) is 0 Å². The van der Waals surface area contributed by atoms with E-state index in [9.17, 15) is 0 Å². The Morgan fingerprint density at radius 1 is 1.67 bits per heavy atom. The van der Waals surface area contributed by atoms with E-state index in [4.69, 9.17) is 5.11 Å². The lowest BCUT2D eigenvalue weighted by Gasteiger charge is -2.30. The molecule has 15 heavy (non-hydrogen) atoms. The summed E-state index contributed by atoms with van der Waals surface area (Å²) in [7, 11) is 0. The third kappa shape index (κ3) is 2.40. The fraction of sp³-hybridized carbons (Fsp3) is 0.571. The molecule has 0 radical (unpaired) electrons. The van der Waals surface area contributed by atoms with Crippen molar-refractivity contribution in [3.8, 4) is 0 Å². The zero-order valence-corrected chi connectivity index (χ0v) is 10.3. The second kappa shape index (κ2) is 4.36. The average Bonchev–Trinajstić information content (AvgIpc) is 2.41. The molecule has 0 aliphatic heterocycles. The van der Waals surface area contributed by atoms with Crippen LogP contribution in [-0.2, 0) is 0 Å². The largest absolute Gasteiger partial charge is 0.392 e. The quantitative estimate of drug-likeness (QED) is 0.553. The van der Waals surface area contributed by atoms with Crippen molar-refractivity contribution in [2.45, 2.75) is 34.1 Å². The van der Waals surface area contributed by atoms with Crippen LogP contribution < -0.4 is 0 Å². The fourth-order valence-corrected chi connectivity index (χ4v) is 2.35. The van der Waals surface area contributed by atoms with Crippen LogP contribution in [0.4, 0.5) is 0 Å². The first-order valence-electron chi connectivity index (χ1n) is 5.53. The highest BCUT2D eigenvalue weighted by Gasteiger charge is 2.35. The van der Waals surface area contributed by atoms with Crippen LogP contribution >= 0.6 is 0 Å². The predicted molar refractivity (Wildman–Crippen MR) is 65.6 cm³/mol. The van der Waals surface area contributed by atoms with Crippen LogP contribution in [0, 0.1) is 11.3 Å². The van der Waals surface area contributed by atoms with Gasteiger partial charge in [0.05, 0.1) is 6.61 Å². The van der Waals surface area contributed by atoms with Crippen LogP contribution in [-0.4, -0.2) is 11.7 Å². The molecule has 0 amide bonds. The molecule has 1 nitrogen and oxygen atoms in total. The van der Waals surface area contributed by atoms with Crippen LogP contribution in [0.1, 0.15) is 34.1 Å². The van der Waals surface area contributed by atoms with Crippen LogP contribution in [0.3, 0.4) is 0 Å². The molecule has 1 aliphatic rings. The Morgan fingerprint density at radius 3 is 2.67 bits per heavy atom. The Balaban J connectivity index is 2.84. The van der Waals surface area contributed by atoms with Gasteiger partial charge in [0.15, 0.2) is 0 Å². The van der Waals surface area contributed by atoms with E-state index in [1.54, 1.807) is 0 Å². The number of hydrogen-bond acceptors (Lipinski definition) is 1. The van der Waals surface area contributed by atoms with Crippen molar-refractivity contribution in [2.24, 2.45) is 11.3 Å². The third-order valence-electron chi connectivity index (χ3n) is 3.73. The lowest BCUT2D eigenvalue weighted by Crippen LogP contribution is -2.21. The summed E-state index contributed by atoms with van der Waals surface area (Å²) in [5, 5.41) is 8.95. The van der Waals surface area contributed by atoms with Crippen LogP contribution in [0.15, 0.2) is 35.5 Å². The summed E-state index contributed by atoms with van der Waals surface area (Å²) in [6, 6.07) is 0. The maximum Gasteiger partial charge on any atom is 0.0676 e. The predicted octanol–water partition coefficient (Wildman–Crippen LogP) is 3.47. The summed E-state index contributed by atoms with van der Waals surface area (Å²) >= 11 is 0. The minimum atomic E-state index is 0.0525. The van der Waals surface area contributed by atoms with E-state index < -0.39 is 0 Å². The summed E-state index contributed by atoms with van der Waals surface area (Å²) < 4.78 is 0.